The average Bonchev–Trinajstić information content (AvgIpc) is 2.72. The van der Waals surface area contributed by atoms with Crippen molar-refractivity contribution >= 4 is 0 Å². The molecule has 0 unspecified atom stereocenters. The second-order valence-electron chi connectivity index (χ2n) is 6.27. The van der Waals surface area contributed by atoms with Crippen LogP contribution in [0, 0.1) is 6.92 Å². The van der Waals surface area contributed by atoms with E-state index in [2.05, 4.69) is 45.0 Å². The minimum absolute atomic E-state index is 1.02. The quantitative estimate of drug-likeness (QED) is 0.748. The van der Waals surface area contributed by atoms with E-state index in [-0.39, 0.29) is 0 Å². The smallest absolute Gasteiger partial charge is 0.122 e. The average molecular weight is 294 g/mol. The molecule has 0 saturated carbocycles. The van der Waals surface area contributed by atoms with Crippen molar-refractivity contribution in [3.63, 3.8) is 0 Å². The molecule has 2 aromatic rings. The Morgan fingerprint density at radius 3 is 2.45 bits per heavy atom. The van der Waals surface area contributed by atoms with E-state index in [1.54, 1.807) is 7.11 Å². The van der Waals surface area contributed by atoms with Crippen molar-refractivity contribution in [3.8, 4) is 16.9 Å². The Labute approximate surface area is 134 Å². The number of benzene rings is 2. The first-order valence-electron chi connectivity index (χ1n) is 8.51. The van der Waals surface area contributed by atoms with Gasteiger partial charge in [0.1, 0.15) is 5.75 Å². The molecule has 0 heterocycles. The van der Waals surface area contributed by atoms with Gasteiger partial charge in [-0.25, -0.2) is 0 Å². The van der Waals surface area contributed by atoms with Crippen LogP contribution in [0.1, 0.15) is 48.1 Å². The molecule has 1 aliphatic rings. The van der Waals surface area contributed by atoms with Crippen LogP contribution in [0.25, 0.3) is 11.1 Å². The lowest BCUT2D eigenvalue weighted by Gasteiger charge is -2.19. The fourth-order valence-corrected chi connectivity index (χ4v) is 3.87. The third-order valence-corrected chi connectivity index (χ3v) is 5.06. The van der Waals surface area contributed by atoms with Crippen molar-refractivity contribution in [3.05, 3.63) is 52.1 Å². The van der Waals surface area contributed by atoms with Gasteiger partial charge in [0, 0.05) is 0 Å². The number of fused-ring (bicyclic) bond motifs is 3. The van der Waals surface area contributed by atoms with E-state index < -0.39 is 0 Å². The van der Waals surface area contributed by atoms with Crippen LogP contribution in [-0.4, -0.2) is 7.11 Å². The summed E-state index contributed by atoms with van der Waals surface area (Å²) >= 11 is 0. The molecule has 0 spiro atoms. The maximum absolute atomic E-state index is 5.65. The zero-order valence-corrected chi connectivity index (χ0v) is 14.3. The Bertz CT molecular complexity index is 698. The number of hydrogen-bond donors (Lipinski definition) is 0. The lowest BCUT2D eigenvalue weighted by molar-refractivity contribution is 0.409. The van der Waals surface area contributed by atoms with Gasteiger partial charge in [0.2, 0.25) is 0 Å². The van der Waals surface area contributed by atoms with Crippen molar-refractivity contribution in [1.82, 2.24) is 0 Å². The summed E-state index contributed by atoms with van der Waals surface area (Å²) in [5.74, 6) is 1.06. The van der Waals surface area contributed by atoms with Crippen LogP contribution in [0.15, 0.2) is 24.3 Å². The predicted octanol–water partition coefficient (Wildman–Crippen LogP) is 5.28. The molecule has 0 saturated heterocycles. The first-order valence-corrected chi connectivity index (χ1v) is 8.51. The molecule has 2 aromatic carbocycles. The van der Waals surface area contributed by atoms with E-state index in [0.717, 1.165) is 25.0 Å². The highest BCUT2D eigenvalue weighted by atomic mass is 16.5. The summed E-state index contributed by atoms with van der Waals surface area (Å²) in [5.41, 5.74) is 10.1. The van der Waals surface area contributed by atoms with Gasteiger partial charge < -0.3 is 4.74 Å². The molecule has 3 rings (SSSR count). The molecule has 0 amide bonds. The van der Waals surface area contributed by atoms with Gasteiger partial charge in [-0.1, -0.05) is 32.0 Å². The summed E-state index contributed by atoms with van der Waals surface area (Å²) in [6.07, 6.45) is 5.68. The minimum Gasteiger partial charge on any atom is -0.496 e. The van der Waals surface area contributed by atoms with Crippen molar-refractivity contribution in [1.29, 1.82) is 0 Å². The van der Waals surface area contributed by atoms with Gasteiger partial charge in [-0.15, -0.1) is 0 Å². The third-order valence-electron chi connectivity index (χ3n) is 5.06. The first kappa shape index (κ1) is 15.1. The van der Waals surface area contributed by atoms with Crippen molar-refractivity contribution in [2.24, 2.45) is 0 Å². The van der Waals surface area contributed by atoms with Crippen molar-refractivity contribution < 1.29 is 4.74 Å². The van der Waals surface area contributed by atoms with Crippen LogP contribution in [0.3, 0.4) is 0 Å². The second-order valence-corrected chi connectivity index (χ2v) is 6.27. The normalized spacial score (nSPS) is 13.3. The predicted molar refractivity (Wildman–Crippen MR) is 93.9 cm³/mol. The Morgan fingerprint density at radius 2 is 1.77 bits per heavy atom. The molecule has 0 N–H and O–H groups in total. The van der Waals surface area contributed by atoms with E-state index in [9.17, 15) is 0 Å². The van der Waals surface area contributed by atoms with Crippen LogP contribution in [0.4, 0.5) is 0 Å². The summed E-state index contributed by atoms with van der Waals surface area (Å²) in [7, 11) is 1.79. The van der Waals surface area contributed by atoms with Gasteiger partial charge >= 0.3 is 0 Å². The van der Waals surface area contributed by atoms with Crippen molar-refractivity contribution in [2.45, 2.75) is 52.9 Å². The highest BCUT2D eigenvalue weighted by Crippen LogP contribution is 2.40. The summed E-state index contributed by atoms with van der Waals surface area (Å²) in [4.78, 5) is 0. The topological polar surface area (TPSA) is 9.23 Å². The number of ether oxygens (including phenoxy) is 1. The molecular weight excluding hydrogens is 268 g/mol. The largest absolute Gasteiger partial charge is 0.496 e. The summed E-state index contributed by atoms with van der Waals surface area (Å²) in [6.45, 7) is 6.72. The maximum atomic E-state index is 5.65. The van der Waals surface area contributed by atoms with Crippen LogP contribution >= 0.6 is 0 Å². The first-order chi connectivity index (χ1) is 10.7. The highest BCUT2D eigenvalue weighted by molar-refractivity contribution is 5.77. The van der Waals surface area contributed by atoms with E-state index >= 15 is 0 Å². The van der Waals surface area contributed by atoms with Crippen LogP contribution in [0.5, 0.6) is 5.75 Å². The molecule has 0 aromatic heterocycles. The fourth-order valence-electron chi connectivity index (χ4n) is 3.87. The number of methoxy groups -OCH3 is 1. The minimum atomic E-state index is 1.02. The van der Waals surface area contributed by atoms with Gasteiger partial charge in [0.15, 0.2) is 0 Å². The lowest BCUT2D eigenvalue weighted by Crippen LogP contribution is -2.01. The fraction of sp³-hybridized carbons (Fsp3) is 0.429. The van der Waals surface area contributed by atoms with Gasteiger partial charge in [-0.05, 0) is 84.0 Å². The maximum Gasteiger partial charge on any atom is 0.122 e. The summed E-state index contributed by atoms with van der Waals surface area (Å²) in [6, 6.07) is 9.34. The number of aryl methyl sites for hydroxylation is 3. The molecule has 22 heavy (non-hydrogen) atoms. The Morgan fingerprint density at radius 1 is 1.00 bits per heavy atom. The molecule has 1 nitrogen and oxygen atoms in total. The van der Waals surface area contributed by atoms with Gasteiger partial charge in [0.05, 0.1) is 7.11 Å². The molecule has 0 fully saturated rings. The van der Waals surface area contributed by atoms with Crippen LogP contribution < -0.4 is 4.74 Å². The van der Waals surface area contributed by atoms with Gasteiger partial charge in [0.25, 0.3) is 0 Å². The monoisotopic (exact) mass is 294 g/mol. The second kappa shape index (κ2) is 6.16. The SMILES string of the molecule is CCc1ccc2c(c1)CCCc1cc(OC)c(CC)c(C)c1-2. The van der Waals surface area contributed by atoms with Crippen molar-refractivity contribution in [2.75, 3.05) is 7.11 Å². The third kappa shape index (κ3) is 2.43. The highest BCUT2D eigenvalue weighted by Gasteiger charge is 2.20. The molecule has 1 aliphatic carbocycles. The molecule has 0 bridgehead atoms. The lowest BCUT2D eigenvalue weighted by atomic mass is 9.88. The molecular formula is C21H26O. The molecule has 0 aliphatic heterocycles. The molecule has 0 radical (unpaired) electrons. The molecule has 116 valence electrons. The van der Waals surface area contributed by atoms with Crippen LogP contribution in [0.2, 0.25) is 0 Å². The number of hydrogen-bond acceptors (Lipinski definition) is 1. The van der Waals surface area contributed by atoms with Gasteiger partial charge in [-0.3, -0.25) is 0 Å². The number of rotatable bonds is 3. The van der Waals surface area contributed by atoms with E-state index in [4.69, 9.17) is 4.74 Å². The summed E-state index contributed by atoms with van der Waals surface area (Å²) in [5, 5.41) is 0. The Balaban J connectivity index is 2.27. The molecule has 1 heteroatoms. The van der Waals surface area contributed by atoms with E-state index in [1.807, 2.05) is 0 Å². The van der Waals surface area contributed by atoms with Crippen LogP contribution in [-0.2, 0) is 25.7 Å². The van der Waals surface area contributed by atoms with E-state index in [1.165, 1.54) is 51.8 Å². The Hall–Kier alpha value is -1.76. The zero-order chi connectivity index (χ0) is 15.7. The van der Waals surface area contributed by atoms with E-state index in [0.29, 0.717) is 0 Å². The Kier molecular flexibility index (Phi) is 4.24. The van der Waals surface area contributed by atoms with Gasteiger partial charge in [-0.2, -0.15) is 0 Å². The standard InChI is InChI=1S/C21H26O/c1-5-15-10-11-19-16(12-15)8-7-9-17-13-20(22-4)18(6-2)14(3)21(17)19/h10-13H,5-9H2,1-4H3. The zero-order valence-electron chi connectivity index (χ0n) is 14.3. The molecule has 0 atom stereocenters. The summed E-state index contributed by atoms with van der Waals surface area (Å²) < 4.78 is 5.65.